The molecule has 0 radical (unpaired) electrons. The number of amides is 1. The standard InChI is InChI=1S/C27H36ClN3O4/c1-9-31-23-17(4)29-11-10-18(23)19-12-21(28)22(13-20(19)24(31)32)34-15-27(8,14-16(2)3)30-25(33)35-26(5,6)7/h10-13,16H,9,14-15H2,1-8H3,(H,30,33). The number of hydrogen-bond acceptors (Lipinski definition) is 5. The van der Waals surface area contributed by atoms with Crippen molar-refractivity contribution >= 4 is 39.4 Å². The Morgan fingerprint density at radius 2 is 1.86 bits per heavy atom. The number of carbonyl (C=O) groups excluding carboxylic acids is 1. The van der Waals surface area contributed by atoms with E-state index in [0.717, 1.165) is 22.0 Å². The van der Waals surface area contributed by atoms with E-state index < -0.39 is 17.2 Å². The normalized spacial score (nSPS) is 13.8. The molecule has 0 aliphatic rings. The van der Waals surface area contributed by atoms with Gasteiger partial charge in [0.2, 0.25) is 0 Å². The Labute approximate surface area is 211 Å². The van der Waals surface area contributed by atoms with Gasteiger partial charge in [0.1, 0.15) is 18.0 Å². The van der Waals surface area contributed by atoms with Crippen molar-refractivity contribution < 1.29 is 14.3 Å². The fourth-order valence-corrected chi connectivity index (χ4v) is 4.78. The highest BCUT2D eigenvalue weighted by Crippen LogP contribution is 2.34. The van der Waals surface area contributed by atoms with E-state index in [1.54, 1.807) is 22.9 Å². The molecule has 0 spiro atoms. The summed E-state index contributed by atoms with van der Waals surface area (Å²) in [5.74, 6) is 0.690. The van der Waals surface area contributed by atoms with Gasteiger partial charge in [-0.3, -0.25) is 9.78 Å². The summed E-state index contributed by atoms with van der Waals surface area (Å²) in [6, 6.07) is 5.37. The van der Waals surface area contributed by atoms with E-state index in [2.05, 4.69) is 24.1 Å². The lowest BCUT2D eigenvalue weighted by Crippen LogP contribution is -2.52. The van der Waals surface area contributed by atoms with Gasteiger partial charge in [0.05, 0.1) is 27.2 Å². The van der Waals surface area contributed by atoms with Crippen LogP contribution in [0, 0.1) is 12.8 Å². The van der Waals surface area contributed by atoms with Crippen LogP contribution in [-0.4, -0.2) is 33.4 Å². The average Bonchev–Trinajstić information content (AvgIpc) is 2.71. The minimum absolute atomic E-state index is 0.121. The zero-order chi connectivity index (χ0) is 26.1. The van der Waals surface area contributed by atoms with E-state index in [9.17, 15) is 9.59 Å². The Bertz CT molecular complexity index is 1310. The molecule has 0 aliphatic heterocycles. The van der Waals surface area contributed by atoms with E-state index in [-0.39, 0.29) is 12.2 Å². The highest BCUT2D eigenvalue weighted by Gasteiger charge is 2.31. The molecule has 0 aliphatic carbocycles. The van der Waals surface area contributed by atoms with E-state index in [1.165, 1.54) is 0 Å². The van der Waals surface area contributed by atoms with E-state index in [0.29, 0.717) is 35.0 Å². The lowest BCUT2D eigenvalue weighted by Gasteiger charge is -2.33. The summed E-state index contributed by atoms with van der Waals surface area (Å²) in [6.45, 7) is 16.0. The number of aryl methyl sites for hydroxylation is 2. The molecule has 3 rings (SSSR count). The van der Waals surface area contributed by atoms with Gasteiger partial charge >= 0.3 is 6.09 Å². The maximum atomic E-state index is 13.4. The predicted octanol–water partition coefficient (Wildman–Crippen LogP) is 6.24. The summed E-state index contributed by atoms with van der Waals surface area (Å²) in [5, 5.41) is 5.56. The molecular formula is C27H36ClN3O4. The molecule has 1 N–H and O–H groups in total. The minimum Gasteiger partial charge on any atom is -0.490 e. The maximum absolute atomic E-state index is 13.4. The minimum atomic E-state index is -0.704. The van der Waals surface area contributed by atoms with Crippen molar-refractivity contribution in [3.05, 3.63) is 45.5 Å². The van der Waals surface area contributed by atoms with Crippen LogP contribution in [0.15, 0.2) is 29.2 Å². The predicted molar refractivity (Wildman–Crippen MR) is 142 cm³/mol. The molecule has 1 atom stereocenters. The molecule has 0 fully saturated rings. The zero-order valence-corrected chi connectivity index (χ0v) is 22.7. The van der Waals surface area contributed by atoms with Crippen molar-refractivity contribution in [3.63, 3.8) is 0 Å². The third-order valence-electron chi connectivity index (χ3n) is 5.74. The van der Waals surface area contributed by atoms with Crippen molar-refractivity contribution in [2.75, 3.05) is 6.61 Å². The highest BCUT2D eigenvalue weighted by molar-refractivity contribution is 6.33. The van der Waals surface area contributed by atoms with Gasteiger partial charge in [0.15, 0.2) is 0 Å². The third-order valence-corrected chi connectivity index (χ3v) is 6.03. The van der Waals surface area contributed by atoms with Crippen LogP contribution in [0.25, 0.3) is 21.7 Å². The lowest BCUT2D eigenvalue weighted by atomic mass is 9.91. The fourth-order valence-electron chi connectivity index (χ4n) is 4.56. The van der Waals surface area contributed by atoms with Crippen LogP contribution in [-0.2, 0) is 11.3 Å². The van der Waals surface area contributed by atoms with Gasteiger partial charge in [-0.1, -0.05) is 25.4 Å². The summed E-state index contributed by atoms with van der Waals surface area (Å²) < 4.78 is 13.3. The molecule has 7 nitrogen and oxygen atoms in total. The van der Waals surface area contributed by atoms with Crippen LogP contribution in [0.5, 0.6) is 5.75 Å². The van der Waals surface area contributed by atoms with Gasteiger partial charge in [0, 0.05) is 18.1 Å². The van der Waals surface area contributed by atoms with Gasteiger partial charge in [-0.05, 0) is 77.5 Å². The first-order chi connectivity index (χ1) is 16.2. The molecule has 8 heteroatoms. The second-order valence-corrected chi connectivity index (χ2v) is 11.2. The van der Waals surface area contributed by atoms with Gasteiger partial charge in [-0.15, -0.1) is 0 Å². The zero-order valence-electron chi connectivity index (χ0n) is 21.9. The fraction of sp³-hybridized carbons (Fsp3) is 0.519. The van der Waals surface area contributed by atoms with Crippen LogP contribution < -0.4 is 15.6 Å². The first-order valence-electron chi connectivity index (χ1n) is 12.0. The molecule has 35 heavy (non-hydrogen) atoms. The Morgan fingerprint density at radius 1 is 1.17 bits per heavy atom. The summed E-state index contributed by atoms with van der Waals surface area (Å²) in [6.07, 6.45) is 1.89. The molecule has 190 valence electrons. The Kier molecular flexibility index (Phi) is 7.70. The van der Waals surface area contributed by atoms with Crippen LogP contribution in [0.3, 0.4) is 0 Å². The van der Waals surface area contributed by atoms with Crippen LogP contribution in [0.1, 0.15) is 60.6 Å². The van der Waals surface area contributed by atoms with Crippen molar-refractivity contribution in [2.45, 2.75) is 79.5 Å². The number of nitrogens with one attached hydrogen (secondary N) is 1. The molecule has 1 unspecified atom stereocenters. The third kappa shape index (κ3) is 6.07. The number of aromatic nitrogens is 2. The quantitative estimate of drug-likeness (QED) is 0.387. The molecule has 3 aromatic rings. The van der Waals surface area contributed by atoms with Gasteiger partial charge < -0.3 is 19.4 Å². The summed E-state index contributed by atoms with van der Waals surface area (Å²) >= 11 is 6.64. The summed E-state index contributed by atoms with van der Waals surface area (Å²) in [5.41, 5.74) is 0.163. The molecular weight excluding hydrogens is 466 g/mol. The van der Waals surface area contributed by atoms with Gasteiger partial charge in [-0.25, -0.2) is 4.79 Å². The number of halogens is 1. The largest absolute Gasteiger partial charge is 0.490 e. The van der Waals surface area contributed by atoms with Crippen molar-refractivity contribution in [1.82, 2.24) is 14.9 Å². The number of rotatable bonds is 7. The Morgan fingerprint density at radius 3 is 2.46 bits per heavy atom. The molecule has 2 aromatic heterocycles. The van der Waals surface area contributed by atoms with E-state index >= 15 is 0 Å². The Hall–Kier alpha value is -2.80. The topological polar surface area (TPSA) is 82.5 Å². The van der Waals surface area contributed by atoms with Crippen molar-refractivity contribution in [2.24, 2.45) is 5.92 Å². The van der Waals surface area contributed by atoms with Crippen molar-refractivity contribution in [3.8, 4) is 5.75 Å². The first-order valence-corrected chi connectivity index (χ1v) is 12.4. The smallest absolute Gasteiger partial charge is 0.408 e. The second kappa shape index (κ2) is 10.1. The van der Waals surface area contributed by atoms with Gasteiger partial charge in [0.25, 0.3) is 5.56 Å². The highest BCUT2D eigenvalue weighted by atomic mass is 35.5. The van der Waals surface area contributed by atoms with Gasteiger partial charge in [-0.2, -0.15) is 0 Å². The first kappa shape index (κ1) is 26.8. The molecule has 1 amide bonds. The lowest BCUT2D eigenvalue weighted by molar-refractivity contribution is 0.0408. The Balaban J connectivity index is 2.00. The number of fused-ring (bicyclic) bond motifs is 3. The number of alkyl carbamates (subject to hydrolysis) is 1. The monoisotopic (exact) mass is 501 g/mol. The summed E-state index contributed by atoms with van der Waals surface area (Å²) in [7, 11) is 0. The molecule has 0 saturated carbocycles. The van der Waals surface area contributed by atoms with Crippen LogP contribution >= 0.6 is 11.6 Å². The molecule has 2 heterocycles. The molecule has 0 bridgehead atoms. The maximum Gasteiger partial charge on any atom is 0.408 e. The second-order valence-electron chi connectivity index (χ2n) is 10.7. The number of hydrogen-bond donors (Lipinski definition) is 1. The van der Waals surface area contributed by atoms with Crippen LogP contribution in [0.4, 0.5) is 4.79 Å². The number of benzene rings is 1. The van der Waals surface area contributed by atoms with E-state index in [4.69, 9.17) is 21.1 Å². The van der Waals surface area contributed by atoms with Crippen molar-refractivity contribution in [1.29, 1.82) is 0 Å². The summed E-state index contributed by atoms with van der Waals surface area (Å²) in [4.78, 5) is 30.3. The number of carbonyl (C=O) groups is 1. The molecule has 1 aromatic carbocycles. The molecule has 0 saturated heterocycles. The SMILES string of the molecule is CCn1c(=O)c2cc(OCC(C)(CC(C)C)NC(=O)OC(C)(C)C)c(Cl)cc2c2ccnc(C)c21. The van der Waals surface area contributed by atoms with Crippen LogP contribution in [0.2, 0.25) is 5.02 Å². The average molecular weight is 502 g/mol. The number of ether oxygens (including phenoxy) is 2. The van der Waals surface area contributed by atoms with E-state index in [1.807, 2.05) is 47.6 Å². The number of pyridine rings is 2. The number of nitrogens with zero attached hydrogens (tertiary/aromatic N) is 2.